The molecule has 3 saturated heterocycles. The number of hydrogen-bond donors (Lipinski definition) is 0. The molecule has 0 unspecified atom stereocenters. The highest BCUT2D eigenvalue weighted by atomic mass is 16.5. The van der Waals surface area contributed by atoms with E-state index in [0.29, 0.717) is 12.5 Å². The van der Waals surface area contributed by atoms with Gasteiger partial charge in [-0.15, -0.1) is 0 Å². The highest BCUT2D eigenvalue weighted by Gasteiger charge is 2.41. The van der Waals surface area contributed by atoms with E-state index in [1.165, 1.54) is 25.7 Å². The topological polar surface area (TPSA) is 36.0 Å². The van der Waals surface area contributed by atoms with E-state index in [2.05, 4.69) is 27.8 Å². The van der Waals surface area contributed by atoms with E-state index in [9.17, 15) is 4.79 Å². The van der Waals surface area contributed by atoms with Gasteiger partial charge < -0.3 is 14.5 Å². The van der Waals surface area contributed by atoms with Crippen LogP contribution in [0.5, 0.6) is 5.75 Å². The molecule has 0 saturated carbocycles. The van der Waals surface area contributed by atoms with Crippen LogP contribution in [0.3, 0.4) is 0 Å². The Morgan fingerprint density at radius 2 is 1.67 bits per heavy atom. The Morgan fingerprint density at radius 3 is 2.41 bits per heavy atom. The van der Waals surface area contributed by atoms with Crippen molar-refractivity contribution in [3.63, 3.8) is 0 Å². The zero-order valence-electron chi connectivity index (χ0n) is 16.3. The van der Waals surface area contributed by atoms with Gasteiger partial charge >= 0.3 is 0 Å². The lowest BCUT2D eigenvalue weighted by Crippen LogP contribution is -2.56. The number of benzene rings is 1. The number of piperazine rings is 1. The van der Waals surface area contributed by atoms with Gasteiger partial charge in [0.25, 0.3) is 0 Å². The van der Waals surface area contributed by atoms with Crippen LogP contribution in [-0.4, -0.2) is 78.6 Å². The average molecular weight is 370 g/mol. The van der Waals surface area contributed by atoms with Gasteiger partial charge in [0.2, 0.25) is 5.91 Å². The Morgan fingerprint density at radius 1 is 0.963 bits per heavy atom. The van der Waals surface area contributed by atoms with Crippen LogP contribution < -0.4 is 4.74 Å². The van der Waals surface area contributed by atoms with Gasteiger partial charge in [-0.3, -0.25) is 9.69 Å². The fraction of sp³-hybridized carbons (Fsp3) is 0.682. The summed E-state index contributed by atoms with van der Waals surface area (Å²) in [6.07, 6.45) is 6.18. The van der Waals surface area contributed by atoms with Gasteiger partial charge in [0, 0.05) is 49.9 Å². The van der Waals surface area contributed by atoms with E-state index in [1.54, 1.807) is 0 Å². The van der Waals surface area contributed by atoms with Gasteiger partial charge in [0.15, 0.2) is 0 Å². The fourth-order valence-electron chi connectivity index (χ4n) is 5.81. The number of amides is 1. The third-order valence-electron chi connectivity index (χ3n) is 7.47. The summed E-state index contributed by atoms with van der Waals surface area (Å²) < 4.78 is 5.74. The molecule has 0 N–H and O–H groups in total. The average Bonchev–Trinajstić information content (AvgIpc) is 2.93. The predicted octanol–water partition coefficient (Wildman–Crippen LogP) is 2.32. The third-order valence-corrected chi connectivity index (χ3v) is 7.47. The van der Waals surface area contributed by atoms with E-state index in [4.69, 9.17) is 4.74 Å². The van der Waals surface area contributed by atoms with Crippen LogP contribution in [0.4, 0.5) is 0 Å². The number of nitrogens with zero attached hydrogens (tertiary/aromatic N) is 3. The highest BCUT2D eigenvalue weighted by Crippen LogP contribution is 2.37. The Bertz CT molecular complexity index is 687. The summed E-state index contributed by atoms with van der Waals surface area (Å²) in [5.74, 6) is 1.16. The second-order valence-electron chi connectivity index (χ2n) is 8.76. The van der Waals surface area contributed by atoms with Crippen molar-refractivity contribution in [1.29, 1.82) is 0 Å². The molecule has 5 rings (SSSR count). The number of para-hydroxylation sites is 1. The maximum Gasteiger partial charge on any atom is 0.230 e. The Hall–Kier alpha value is -1.59. The highest BCUT2D eigenvalue weighted by molar-refractivity contribution is 5.85. The van der Waals surface area contributed by atoms with Crippen LogP contribution in [0.1, 0.15) is 43.6 Å². The molecule has 1 aromatic rings. The van der Waals surface area contributed by atoms with Crippen molar-refractivity contribution >= 4 is 5.91 Å². The zero-order valence-corrected chi connectivity index (χ0v) is 16.3. The molecule has 3 fully saturated rings. The third kappa shape index (κ3) is 3.15. The number of hydrogen-bond acceptors (Lipinski definition) is 4. The van der Waals surface area contributed by atoms with Gasteiger partial charge in [-0.1, -0.05) is 18.2 Å². The fourth-order valence-corrected chi connectivity index (χ4v) is 5.81. The Balaban J connectivity index is 1.21. The van der Waals surface area contributed by atoms with Crippen LogP contribution in [0.15, 0.2) is 24.3 Å². The van der Waals surface area contributed by atoms with Crippen LogP contribution in [0, 0.1) is 0 Å². The minimum atomic E-state index is -0.0272. The maximum atomic E-state index is 13.2. The molecule has 0 spiro atoms. The normalized spacial score (nSPS) is 34.2. The molecule has 2 bridgehead atoms. The van der Waals surface area contributed by atoms with E-state index >= 15 is 0 Å². The van der Waals surface area contributed by atoms with Gasteiger partial charge in [0.1, 0.15) is 5.75 Å². The summed E-state index contributed by atoms with van der Waals surface area (Å²) in [5.41, 5.74) is 1.07. The monoisotopic (exact) mass is 369 g/mol. The number of ether oxygens (including phenoxy) is 1. The molecular formula is C22H31N3O2. The second kappa shape index (κ2) is 7.10. The van der Waals surface area contributed by atoms with Crippen molar-refractivity contribution in [2.24, 2.45) is 0 Å². The molecule has 4 aliphatic heterocycles. The molecule has 1 amide bonds. The molecule has 4 aliphatic rings. The summed E-state index contributed by atoms with van der Waals surface area (Å²) in [5, 5.41) is 0. The molecule has 5 heteroatoms. The molecule has 27 heavy (non-hydrogen) atoms. The quantitative estimate of drug-likeness (QED) is 0.802. The summed E-state index contributed by atoms with van der Waals surface area (Å²) in [7, 11) is 2.31. The zero-order chi connectivity index (χ0) is 18.4. The van der Waals surface area contributed by atoms with Gasteiger partial charge in [-0.05, 0) is 45.2 Å². The smallest absolute Gasteiger partial charge is 0.230 e. The van der Waals surface area contributed by atoms with Crippen molar-refractivity contribution in [1.82, 2.24) is 14.7 Å². The first-order valence-electron chi connectivity index (χ1n) is 10.7. The maximum absolute atomic E-state index is 13.2. The standard InChI is InChI=1S/C22H31N3O2/c1-23-16-6-7-17(23)15-18(14-16)24-9-11-25(12-10-24)22(26)20-8-13-27-21-5-3-2-4-19(20)21/h2-5,16-18,20H,6-15H2,1H3/t16-,17-,20+/m0/s1. The van der Waals surface area contributed by atoms with Crippen LogP contribution >= 0.6 is 0 Å². The molecule has 3 atom stereocenters. The molecular weight excluding hydrogens is 338 g/mol. The van der Waals surface area contributed by atoms with Crippen LogP contribution in [0.25, 0.3) is 0 Å². The minimum Gasteiger partial charge on any atom is -0.493 e. The van der Waals surface area contributed by atoms with Crippen LogP contribution in [-0.2, 0) is 4.79 Å². The van der Waals surface area contributed by atoms with E-state index in [1.807, 2.05) is 18.2 Å². The van der Waals surface area contributed by atoms with Gasteiger partial charge in [-0.2, -0.15) is 0 Å². The first kappa shape index (κ1) is 17.5. The minimum absolute atomic E-state index is 0.0272. The Kier molecular flexibility index (Phi) is 4.60. The lowest BCUT2D eigenvalue weighted by Gasteiger charge is -2.45. The van der Waals surface area contributed by atoms with Crippen molar-refractivity contribution in [2.45, 2.75) is 56.1 Å². The summed E-state index contributed by atoms with van der Waals surface area (Å²) in [6, 6.07) is 10.3. The van der Waals surface area contributed by atoms with Crippen molar-refractivity contribution in [2.75, 3.05) is 39.8 Å². The number of carbonyl (C=O) groups is 1. The molecule has 5 nitrogen and oxygen atoms in total. The van der Waals surface area contributed by atoms with Gasteiger partial charge in [0.05, 0.1) is 12.5 Å². The number of piperidine rings is 1. The van der Waals surface area contributed by atoms with Crippen molar-refractivity contribution in [3.8, 4) is 5.75 Å². The molecule has 1 aromatic carbocycles. The van der Waals surface area contributed by atoms with E-state index in [0.717, 1.165) is 62.0 Å². The SMILES string of the molecule is CN1[C@H]2CC[C@H]1CC(N1CCN(C(=O)[C@@H]3CCOc4ccccc43)CC1)C2. The molecule has 0 radical (unpaired) electrons. The molecule has 0 aliphatic carbocycles. The summed E-state index contributed by atoms with van der Waals surface area (Å²) in [6.45, 7) is 4.46. The lowest BCUT2D eigenvalue weighted by atomic mass is 9.91. The van der Waals surface area contributed by atoms with Crippen molar-refractivity contribution < 1.29 is 9.53 Å². The number of carbonyl (C=O) groups excluding carboxylic acids is 1. The number of rotatable bonds is 2. The molecule has 4 heterocycles. The summed E-state index contributed by atoms with van der Waals surface area (Å²) in [4.78, 5) is 20.6. The first-order chi connectivity index (χ1) is 13.2. The van der Waals surface area contributed by atoms with Crippen LogP contribution in [0.2, 0.25) is 0 Å². The second-order valence-corrected chi connectivity index (χ2v) is 8.76. The summed E-state index contributed by atoms with van der Waals surface area (Å²) >= 11 is 0. The molecule has 146 valence electrons. The van der Waals surface area contributed by atoms with Crippen molar-refractivity contribution in [3.05, 3.63) is 29.8 Å². The van der Waals surface area contributed by atoms with Gasteiger partial charge in [-0.25, -0.2) is 0 Å². The Labute approximate surface area is 162 Å². The van der Waals surface area contributed by atoms with E-state index in [-0.39, 0.29) is 5.92 Å². The number of fused-ring (bicyclic) bond motifs is 3. The first-order valence-corrected chi connectivity index (χ1v) is 10.7. The molecule has 0 aromatic heterocycles. The van der Waals surface area contributed by atoms with E-state index < -0.39 is 0 Å². The largest absolute Gasteiger partial charge is 0.493 e. The lowest BCUT2D eigenvalue weighted by molar-refractivity contribution is -0.135. The predicted molar refractivity (Wildman–Crippen MR) is 105 cm³/mol.